The van der Waals surface area contributed by atoms with E-state index in [0.717, 1.165) is 5.56 Å². The summed E-state index contributed by atoms with van der Waals surface area (Å²) in [5.41, 5.74) is 1.00. The number of piperidine rings is 1. The molecule has 1 aliphatic heterocycles. The average Bonchev–Trinajstić information content (AvgIpc) is 2.68. The SMILES string of the molecule is CC(C)(C)OC(=O)NC1CCCN(c2cccc(-c3ccccc3)c2C(=O)O)C1=O. The lowest BCUT2D eigenvalue weighted by Gasteiger charge is -2.34. The predicted octanol–water partition coefficient (Wildman–Crippen LogP) is 4.07. The Morgan fingerprint density at radius 1 is 1.10 bits per heavy atom. The lowest BCUT2D eigenvalue weighted by Crippen LogP contribution is -2.53. The van der Waals surface area contributed by atoms with Gasteiger partial charge in [0, 0.05) is 6.54 Å². The lowest BCUT2D eigenvalue weighted by molar-refractivity contribution is -0.121. The molecule has 3 rings (SSSR count). The number of rotatable bonds is 4. The second-order valence-electron chi connectivity index (χ2n) is 8.20. The molecule has 1 unspecified atom stereocenters. The van der Waals surface area contributed by atoms with E-state index < -0.39 is 23.7 Å². The number of nitrogens with zero attached hydrogens (tertiary/aromatic N) is 1. The average molecular weight is 410 g/mol. The summed E-state index contributed by atoms with van der Waals surface area (Å²) in [6.45, 7) is 5.62. The van der Waals surface area contributed by atoms with Crippen LogP contribution in [0.25, 0.3) is 11.1 Å². The molecule has 0 aromatic heterocycles. The highest BCUT2D eigenvalue weighted by Crippen LogP contribution is 2.33. The number of carbonyl (C=O) groups excluding carboxylic acids is 2. The lowest BCUT2D eigenvalue weighted by atomic mass is 9.96. The van der Waals surface area contributed by atoms with Gasteiger partial charge in [-0.05, 0) is 50.8 Å². The molecule has 1 fully saturated rings. The van der Waals surface area contributed by atoms with Crippen LogP contribution in [0.2, 0.25) is 0 Å². The van der Waals surface area contributed by atoms with Crippen LogP contribution < -0.4 is 10.2 Å². The van der Waals surface area contributed by atoms with Crippen LogP contribution in [0.5, 0.6) is 0 Å². The van der Waals surface area contributed by atoms with Gasteiger partial charge < -0.3 is 20.1 Å². The van der Waals surface area contributed by atoms with E-state index in [4.69, 9.17) is 4.74 Å². The Hall–Kier alpha value is -3.35. The molecule has 0 bridgehead atoms. The Kier molecular flexibility index (Phi) is 6.10. The fourth-order valence-electron chi connectivity index (χ4n) is 3.55. The monoisotopic (exact) mass is 410 g/mol. The number of carboxylic acids is 1. The van der Waals surface area contributed by atoms with Gasteiger partial charge >= 0.3 is 12.1 Å². The molecule has 0 aliphatic carbocycles. The van der Waals surface area contributed by atoms with E-state index >= 15 is 0 Å². The summed E-state index contributed by atoms with van der Waals surface area (Å²) in [5, 5.41) is 12.6. The first-order valence-corrected chi connectivity index (χ1v) is 9.90. The van der Waals surface area contributed by atoms with Crippen LogP contribution in [0.4, 0.5) is 10.5 Å². The van der Waals surface area contributed by atoms with E-state index in [1.165, 1.54) is 4.90 Å². The fraction of sp³-hybridized carbons (Fsp3) is 0.348. The third-order valence-corrected chi connectivity index (χ3v) is 4.76. The maximum absolute atomic E-state index is 13.1. The van der Waals surface area contributed by atoms with Crippen molar-refractivity contribution in [2.75, 3.05) is 11.4 Å². The number of alkyl carbamates (subject to hydrolysis) is 1. The van der Waals surface area contributed by atoms with Crippen molar-refractivity contribution in [1.82, 2.24) is 5.32 Å². The second kappa shape index (κ2) is 8.57. The van der Waals surface area contributed by atoms with E-state index in [-0.39, 0.29) is 11.5 Å². The van der Waals surface area contributed by atoms with Gasteiger partial charge in [0.2, 0.25) is 5.91 Å². The Morgan fingerprint density at radius 2 is 1.80 bits per heavy atom. The minimum atomic E-state index is -1.11. The number of hydrogen-bond donors (Lipinski definition) is 2. The number of carbonyl (C=O) groups is 3. The highest BCUT2D eigenvalue weighted by atomic mass is 16.6. The summed E-state index contributed by atoms with van der Waals surface area (Å²) in [4.78, 5) is 38.8. The van der Waals surface area contributed by atoms with E-state index in [0.29, 0.717) is 30.6 Å². The van der Waals surface area contributed by atoms with E-state index in [1.807, 2.05) is 30.3 Å². The van der Waals surface area contributed by atoms with Gasteiger partial charge in [0.15, 0.2) is 0 Å². The molecule has 1 aliphatic rings. The summed E-state index contributed by atoms with van der Waals surface area (Å²) in [6.07, 6.45) is 0.426. The molecule has 1 saturated heterocycles. The van der Waals surface area contributed by atoms with Gasteiger partial charge in [0.05, 0.1) is 11.3 Å². The van der Waals surface area contributed by atoms with Crippen LogP contribution in [0, 0.1) is 0 Å². The molecule has 2 N–H and O–H groups in total. The van der Waals surface area contributed by atoms with Crippen LogP contribution in [0.15, 0.2) is 48.5 Å². The van der Waals surface area contributed by atoms with Crippen molar-refractivity contribution >= 4 is 23.7 Å². The summed E-state index contributed by atoms with van der Waals surface area (Å²) >= 11 is 0. The van der Waals surface area contributed by atoms with Crippen LogP contribution in [0.3, 0.4) is 0 Å². The summed E-state index contributed by atoms with van der Waals surface area (Å²) in [6, 6.07) is 13.5. The first kappa shape index (κ1) is 21.4. The Morgan fingerprint density at radius 3 is 2.43 bits per heavy atom. The molecule has 0 radical (unpaired) electrons. The van der Waals surface area contributed by atoms with Crippen molar-refractivity contribution in [3.63, 3.8) is 0 Å². The van der Waals surface area contributed by atoms with E-state index in [1.54, 1.807) is 39.0 Å². The number of anilines is 1. The molecule has 158 valence electrons. The third kappa shape index (κ3) is 4.79. The number of benzene rings is 2. The molecule has 1 atom stereocenters. The number of hydrogen-bond acceptors (Lipinski definition) is 4. The van der Waals surface area contributed by atoms with Gasteiger partial charge in [-0.3, -0.25) is 4.79 Å². The minimum Gasteiger partial charge on any atom is -0.478 e. The smallest absolute Gasteiger partial charge is 0.408 e. The van der Waals surface area contributed by atoms with Gasteiger partial charge in [-0.1, -0.05) is 42.5 Å². The van der Waals surface area contributed by atoms with Crippen molar-refractivity contribution in [2.24, 2.45) is 0 Å². The van der Waals surface area contributed by atoms with E-state index in [9.17, 15) is 19.5 Å². The topological polar surface area (TPSA) is 95.9 Å². The number of carboxylic acid groups (broad SMARTS) is 1. The number of ether oxygens (including phenoxy) is 1. The summed E-state index contributed by atoms with van der Waals surface area (Å²) in [7, 11) is 0. The van der Waals surface area contributed by atoms with Crippen LogP contribution in [-0.2, 0) is 9.53 Å². The van der Waals surface area contributed by atoms with Crippen molar-refractivity contribution in [3.05, 3.63) is 54.1 Å². The molecule has 0 saturated carbocycles. The normalized spacial score (nSPS) is 16.8. The van der Waals surface area contributed by atoms with Crippen LogP contribution in [-0.4, -0.2) is 41.3 Å². The van der Waals surface area contributed by atoms with E-state index in [2.05, 4.69) is 5.32 Å². The predicted molar refractivity (Wildman–Crippen MR) is 114 cm³/mol. The Balaban J connectivity index is 1.92. The van der Waals surface area contributed by atoms with Crippen molar-refractivity contribution in [1.29, 1.82) is 0 Å². The largest absolute Gasteiger partial charge is 0.478 e. The standard InChI is InChI=1S/C23H26N2O5/c1-23(2,3)30-22(29)24-17-12-8-14-25(20(17)26)18-13-7-11-16(19(18)21(27)28)15-9-5-4-6-10-15/h4-7,9-11,13,17H,8,12,14H2,1-3H3,(H,24,29)(H,27,28). The second-order valence-corrected chi connectivity index (χ2v) is 8.20. The zero-order chi connectivity index (χ0) is 21.9. The van der Waals surface area contributed by atoms with Crippen LogP contribution >= 0.6 is 0 Å². The highest BCUT2D eigenvalue weighted by Gasteiger charge is 2.34. The molecule has 30 heavy (non-hydrogen) atoms. The first-order valence-electron chi connectivity index (χ1n) is 9.90. The number of amides is 2. The molecule has 2 aromatic carbocycles. The Labute approximate surface area is 175 Å². The molecular weight excluding hydrogens is 384 g/mol. The molecule has 7 nitrogen and oxygen atoms in total. The Bertz CT molecular complexity index is 950. The van der Waals surface area contributed by atoms with Gasteiger partial charge in [-0.15, -0.1) is 0 Å². The maximum Gasteiger partial charge on any atom is 0.408 e. The minimum absolute atomic E-state index is 0.0648. The molecule has 2 amide bonds. The third-order valence-electron chi connectivity index (χ3n) is 4.76. The first-order chi connectivity index (χ1) is 14.2. The molecule has 1 heterocycles. The zero-order valence-electron chi connectivity index (χ0n) is 17.3. The van der Waals surface area contributed by atoms with Gasteiger partial charge in [0.25, 0.3) is 0 Å². The number of aromatic carboxylic acids is 1. The number of nitrogens with one attached hydrogen (secondary N) is 1. The van der Waals surface area contributed by atoms with Crippen molar-refractivity contribution < 1.29 is 24.2 Å². The van der Waals surface area contributed by atoms with Crippen molar-refractivity contribution in [2.45, 2.75) is 45.3 Å². The molecule has 2 aromatic rings. The fourth-order valence-corrected chi connectivity index (χ4v) is 3.55. The van der Waals surface area contributed by atoms with Gasteiger partial charge in [0.1, 0.15) is 11.6 Å². The summed E-state index contributed by atoms with van der Waals surface area (Å²) in [5.74, 6) is -1.46. The van der Waals surface area contributed by atoms with Gasteiger partial charge in [-0.2, -0.15) is 0 Å². The molecular formula is C23H26N2O5. The van der Waals surface area contributed by atoms with Crippen molar-refractivity contribution in [3.8, 4) is 11.1 Å². The molecule has 7 heteroatoms. The van der Waals surface area contributed by atoms with Crippen LogP contribution in [0.1, 0.15) is 44.0 Å². The maximum atomic E-state index is 13.1. The van der Waals surface area contributed by atoms with Gasteiger partial charge in [-0.25, -0.2) is 9.59 Å². The summed E-state index contributed by atoms with van der Waals surface area (Å²) < 4.78 is 5.25. The highest BCUT2D eigenvalue weighted by molar-refractivity contribution is 6.08. The quantitative estimate of drug-likeness (QED) is 0.792. The zero-order valence-corrected chi connectivity index (χ0v) is 17.3. The molecule has 0 spiro atoms.